The minimum absolute atomic E-state index is 0.0699. The molecule has 0 saturated heterocycles. The lowest BCUT2D eigenvalue weighted by atomic mass is 9.70. The Balaban J connectivity index is 1.69. The van der Waals surface area contributed by atoms with Gasteiger partial charge in [-0.05, 0) is 55.8 Å². The van der Waals surface area contributed by atoms with E-state index in [0.29, 0.717) is 11.3 Å². The fraction of sp³-hybridized carbons (Fsp3) is 0.933. The molecule has 0 radical (unpaired) electrons. The Bertz CT molecular complexity index is 307. The van der Waals surface area contributed by atoms with Gasteiger partial charge in [-0.3, -0.25) is 4.79 Å². The minimum atomic E-state index is -0.511. The lowest BCUT2D eigenvalue weighted by Gasteiger charge is -2.37. The van der Waals surface area contributed by atoms with E-state index in [-0.39, 0.29) is 5.91 Å². The third-order valence-corrected chi connectivity index (χ3v) is 4.86. The minimum Gasteiger partial charge on any atom is -0.354 e. The van der Waals surface area contributed by atoms with Gasteiger partial charge in [0.25, 0.3) is 0 Å². The number of hydrogen-bond donors (Lipinski definition) is 2. The molecule has 3 nitrogen and oxygen atoms in total. The molecule has 2 aliphatic rings. The lowest BCUT2D eigenvalue weighted by Crippen LogP contribution is -2.44. The number of nitrogens with two attached hydrogens (primary N) is 1. The topological polar surface area (TPSA) is 55.1 Å². The fourth-order valence-corrected chi connectivity index (χ4v) is 3.01. The Morgan fingerprint density at radius 1 is 1.22 bits per heavy atom. The molecule has 0 bridgehead atoms. The normalized spacial score (nSPS) is 30.9. The predicted octanol–water partition coefficient (Wildman–Crippen LogP) is 2.45. The van der Waals surface area contributed by atoms with Crippen molar-refractivity contribution in [1.29, 1.82) is 0 Å². The highest BCUT2D eigenvalue weighted by Crippen LogP contribution is 2.39. The van der Waals surface area contributed by atoms with Crippen molar-refractivity contribution in [3.8, 4) is 0 Å². The van der Waals surface area contributed by atoms with Gasteiger partial charge in [0, 0.05) is 6.54 Å². The van der Waals surface area contributed by atoms with Crippen LogP contribution in [-0.4, -0.2) is 18.0 Å². The highest BCUT2D eigenvalue weighted by Gasteiger charge is 2.45. The summed E-state index contributed by atoms with van der Waals surface area (Å²) < 4.78 is 0. The SMILES string of the molecule is CC(C)(C)C1CCC(CNC(=O)C2(N)CC2)CC1. The molecule has 18 heavy (non-hydrogen) atoms. The molecule has 2 saturated carbocycles. The molecule has 0 atom stereocenters. The van der Waals surface area contributed by atoms with Crippen molar-refractivity contribution < 1.29 is 4.79 Å². The first-order chi connectivity index (χ1) is 8.31. The van der Waals surface area contributed by atoms with Gasteiger partial charge in [0.05, 0.1) is 5.54 Å². The zero-order valence-electron chi connectivity index (χ0n) is 12.1. The maximum absolute atomic E-state index is 11.8. The summed E-state index contributed by atoms with van der Waals surface area (Å²) in [6.45, 7) is 7.84. The quantitative estimate of drug-likeness (QED) is 0.810. The van der Waals surface area contributed by atoms with Gasteiger partial charge in [-0.15, -0.1) is 0 Å². The number of nitrogens with one attached hydrogen (secondary N) is 1. The van der Waals surface area contributed by atoms with Crippen LogP contribution in [0, 0.1) is 17.3 Å². The molecular weight excluding hydrogens is 224 g/mol. The molecule has 1 amide bonds. The van der Waals surface area contributed by atoms with Gasteiger partial charge in [-0.25, -0.2) is 0 Å². The molecule has 0 heterocycles. The van der Waals surface area contributed by atoms with E-state index in [0.717, 1.165) is 25.3 Å². The summed E-state index contributed by atoms with van der Waals surface area (Å²) in [4.78, 5) is 11.8. The van der Waals surface area contributed by atoms with Crippen LogP contribution in [0.4, 0.5) is 0 Å². The van der Waals surface area contributed by atoms with E-state index in [2.05, 4.69) is 26.1 Å². The van der Waals surface area contributed by atoms with Gasteiger partial charge < -0.3 is 11.1 Å². The van der Waals surface area contributed by atoms with Gasteiger partial charge in [-0.2, -0.15) is 0 Å². The van der Waals surface area contributed by atoms with E-state index in [4.69, 9.17) is 5.73 Å². The van der Waals surface area contributed by atoms with Gasteiger partial charge in [-0.1, -0.05) is 20.8 Å². The van der Waals surface area contributed by atoms with Crippen LogP contribution >= 0.6 is 0 Å². The van der Waals surface area contributed by atoms with E-state index < -0.39 is 5.54 Å². The Morgan fingerprint density at radius 2 is 1.78 bits per heavy atom. The summed E-state index contributed by atoms with van der Waals surface area (Å²) in [5, 5.41) is 3.04. The van der Waals surface area contributed by atoms with E-state index in [9.17, 15) is 4.79 Å². The van der Waals surface area contributed by atoms with Gasteiger partial charge in [0.15, 0.2) is 0 Å². The summed E-state index contributed by atoms with van der Waals surface area (Å²) in [5.74, 6) is 1.57. The number of rotatable bonds is 3. The Kier molecular flexibility index (Phi) is 3.72. The largest absolute Gasteiger partial charge is 0.354 e. The molecule has 0 spiro atoms. The first kappa shape index (κ1) is 13.9. The van der Waals surface area contributed by atoms with E-state index in [1.54, 1.807) is 0 Å². The molecule has 0 unspecified atom stereocenters. The second-order valence-corrected chi connectivity index (χ2v) is 7.45. The van der Waals surface area contributed by atoms with Crippen molar-refractivity contribution in [1.82, 2.24) is 5.32 Å². The Hall–Kier alpha value is -0.570. The molecule has 0 aromatic heterocycles. The molecule has 3 N–H and O–H groups in total. The standard InChI is InChI=1S/C15H28N2O/c1-14(2,3)12-6-4-11(5-7-12)10-17-13(18)15(16)8-9-15/h11-12H,4-10,16H2,1-3H3,(H,17,18). The van der Waals surface area contributed by atoms with Crippen molar-refractivity contribution in [3.63, 3.8) is 0 Å². The van der Waals surface area contributed by atoms with Crippen molar-refractivity contribution in [3.05, 3.63) is 0 Å². The summed E-state index contributed by atoms with van der Waals surface area (Å²) in [7, 11) is 0. The highest BCUT2D eigenvalue weighted by atomic mass is 16.2. The van der Waals surface area contributed by atoms with Crippen LogP contribution in [0.15, 0.2) is 0 Å². The number of amides is 1. The maximum atomic E-state index is 11.8. The number of carbonyl (C=O) groups excluding carboxylic acids is 1. The van der Waals surface area contributed by atoms with E-state index >= 15 is 0 Å². The van der Waals surface area contributed by atoms with E-state index in [1.807, 2.05) is 0 Å². The van der Waals surface area contributed by atoms with Gasteiger partial charge in [0.2, 0.25) is 5.91 Å². The second kappa shape index (κ2) is 4.84. The Labute approximate surface area is 111 Å². The number of carbonyl (C=O) groups is 1. The van der Waals surface area contributed by atoms with Crippen LogP contribution in [0.3, 0.4) is 0 Å². The average molecular weight is 252 g/mol. The molecule has 3 heteroatoms. The third-order valence-electron chi connectivity index (χ3n) is 4.86. The fourth-order valence-electron chi connectivity index (χ4n) is 3.01. The van der Waals surface area contributed by atoms with Crippen molar-refractivity contribution in [2.24, 2.45) is 23.0 Å². The van der Waals surface area contributed by atoms with E-state index in [1.165, 1.54) is 25.7 Å². The zero-order valence-corrected chi connectivity index (χ0v) is 12.1. The van der Waals surface area contributed by atoms with Crippen LogP contribution in [0.1, 0.15) is 59.3 Å². The molecule has 2 aliphatic carbocycles. The van der Waals surface area contributed by atoms with Gasteiger partial charge in [0.1, 0.15) is 0 Å². The zero-order chi connectivity index (χ0) is 13.4. The summed E-state index contributed by atoms with van der Waals surface area (Å²) in [6.07, 6.45) is 6.82. The molecular formula is C15H28N2O. The molecule has 104 valence electrons. The highest BCUT2D eigenvalue weighted by molar-refractivity contribution is 5.88. The molecule has 0 aromatic carbocycles. The maximum Gasteiger partial charge on any atom is 0.240 e. The second-order valence-electron chi connectivity index (χ2n) is 7.45. The summed E-state index contributed by atoms with van der Waals surface area (Å²) >= 11 is 0. The van der Waals surface area contributed by atoms with Crippen molar-refractivity contribution in [2.75, 3.05) is 6.54 Å². The smallest absolute Gasteiger partial charge is 0.240 e. The van der Waals surface area contributed by atoms with Crippen LogP contribution in [0.2, 0.25) is 0 Å². The average Bonchev–Trinajstić information content (AvgIpc) is 3.05. The number of hydrogen-bond acceptors (Lipinski definition) is 2. The van der Waals surface area contributed by atoms with Crippen molar-refractivity contribution >= 4 is 5.91 Å². The predicted molar refractivity (Wildman–Crippen MR) is 74.1 cm³/mol. The van der Waals surface area contributed by atoms with Crippen LogP contribution in [-0.2, 0) is 4.79 Å². The molecule has 0 aromatic rings. The Morgan fingerprint density at radius 3 is 2.22 bits per heavy atom. The van der Waals surface area contributed by atoms with Crippen LogP contribution in [0.25, 0.3) is 0 Å². The molecule has 0 aliphatic heterocycles. The molecule has 2 fully saturated rings. The van der Waals surface area contributed by atoms with Gasteiger partial charge >= 0.3 is 0 Å². The lowest BCUT2D eigenvalue weighted by molar-refractivity contribution is -0.123. The van der Waals surface area contributed by atoms with Crippen molar-refractivity contribution in [2.45, 2.75) is 64.8 Å². The van der Waals surface area contributed by atoms with Crippen LogP contribution < -0.4 is 11.1 Å². The summed E-state index contributed by atoms with van der Waals surface area (Å²) in [5.41, 5.74) is 5.80. The van der Waals surface area contributed by atoms with Crippen LogP contribution in [0.5, 0.6) is 0 Å². The first-order valence-corrected chi connectivity index (χ1v) is 7.38. The third kappa shape index (κ3) is 3.25. The molecule has 2 rings (SSSR count). The monoisotopic (exact) mass is 252 g/mol. The first-order valence-electron chi connectivity index (χ1n) is 7.38. The summed E-state index contributed by atoms with van der Waals surface area (Å²) in [6, 6.07) is 0.